The average molecular weight is 304 g/mol. The van der Waals surface area contributed by atoms with Gasteiger partial charge in [-0.1, -0.05) is 48.0 Å². The molecule has 2 rings (SSSR count). The van der Waals surface area contributed by atoms with Crippen molar-refractivity contribution < 1.29 is 9.53 Å². The van der Waals surface area contributed by atoms with Crippen LogP contribution in [0.3, 0.4) is 0 Å². The summed E-state index contributed by atoms with van der Waals surface area (Å²) in [6.45, 7) is 3.83. The first-order valence-corrected chi connectivity index (χ1v) is 7.17. The zero-order chi connectivity index (χ0) is 15.2. The lowest BCUT2D eigenvalue weighted by Crippen LogP contribution is -2.31. The van der Waals surface area contributed by atoms with E-state index in [9.17, 15) is 4.79 Å². The zero-order valence-electron chi connectivity index (χ0n) is 12.1. The van der Waals surface area contributed by atoms with Crippen molar-refractivity contribution in [3.8, 4) is 5.75 Å². The quantitative estimate of drug-likeness (QED) is 0.909. The highest BCUT2D eigenvalue weighted by molar-refractivity contribution is 6.32. The van der Waals surface area contributed by atoms with E-state index in [1.54, 1.807) is 6.07 Å². The highest BCUT2D eigenvalue weighted by Crippen LogP contribution is 2.25. The first-order valence-electron chi connectivity index (χ1n) is 6.79. The van der Waals surface area contributed by atoms with Crippen LogP contribution in [0.4, 0.5) is 0 Å². The molecular weight excluding hydrogens is 286 g/mol. The maximum absolute atomic E-state index is 11.9. The number of hydrogen-bond donors (Lipinski definition) is 1. The monoisotopic (exact) mass is 303 g/mol. The Morgan fingerprint density at radius 3 is 2.67 bits per heavy atom. The van der Waals surface area contributed by atoms with Crippen molar-refractivity contribution in [2.45, 2.75) is 19.9 Å². The van der Waals surface area contributed by atoms with E-state index in [1.807, 2.05) is 56.3 Å². The lowest BCUT2D eigenvalue weighted by molar-refractivity contribution is -0.123. The Morgan fingerprint density at radius 1 is 1.24 bits per heavy atom. The number of hydrogen-bond acceptors (Lipinski definition) is 2. The van der Waals surface area contributed by atoms with Gasteiger partial charge in [0, 0.05) is 0 Å². The number of benzene rings is 2. The number of ether oxygens (including phenoxy) is 1. The third kappa shape index (κ3) is 4.50. The summed E-state index contributed by atoms with van der Waals surface area (Å²) in [5, 5.41) is 3.40. The number of nitrogens with one attached hydrogen (secondary N) is 1. The van der Waals surface area contributed by atoms with Gasteiger partial charge < -0.3 is 10.1 Å². The number of carbonyl (C=O) groups excluding carboxylic acids is 1. The number of amides is 1. The summed E-state index contributed by atoms with van der Waals surface area (Å²) in [4.78, 5) is 11.9. The minimum atomic E-state index is -0.177. The van der Waals surface area contributed by atoms with Crippen molar-refractivity contribution in [1.82, 2.24) is 5.32 Å². The molecule has 0 saturated heterocycles. The molecular formula is C17H18ClNO2. The molecule has 0 aromatic heterocycles. The fourth-order valence-electron chi connectivity index (χ4n) is 1.97. The summed E-state index contributed by atoms with van der Waals surface area (Å²) in [6, 6.07) is 15.2. The van der Waals surface area contributed by atoms with Gasteiger partial charge in [0.05, 0.1) is 11.1 Å². The normalized spacial score (nSPS) is 11.8. The molecule has 0 fully saturated rings. The molecule has 110 valence electrons. The van der Waals surface area contributed by atoms with Gasteiger partial charge in [-0.15, -0.1) is 0 Å². The van der Waals surface area contributed by atoms with E-state index in [0.29, 0.717) is 10.8 Å². The first kappa shape index (κ1) is 15.4. The van der Waals surface area contributed by atoms with Crippen LogP contribution in [-0.4, -0.2) is 12.5 Å². The summed E-state index contributed by atoms with van der Waals surface area (Å²) in [5.74, 6) is 0.350. The predicted molar refractivity (Wildman–Crippen MR) is 84.7 cm³/mol. The summed E-state index contributed by atoms with van der Waals surface area (Å²) >= 11 is 6.02. The standard InChI is InChI=1S/C17H18ClNO2/c1-12-8-9-15(18)16(10-12)21-11-17(20)19-13(2)14-6-4-3-5-7-14/h3-10,13H,11H2,1-2H3,(H,19,20)/t13-/m0/s1. The Bertz CT molecular complexity index is 613. The first-order chi connectivity index (χ1) is 10.1. The molecule has 0 spiro atoms. The van der Waals surface area contributed by atoms with Gasteiger partial charge in [0.25, 0.3) is 5.91 Å². The fourth-order valence-corrected chi connectivity index (χ4v) is 2.14. The van der Waals surface area contributed by atoms with Gasteiger partial charge in [0.2, 0.25) is 0 Å². The van der Waals surface area contributed by atoms with Crippen LogP contribution in [-0.2, 0) is 4.79 Å². The van der Waals surface area contributed by atoms with Crippen molar-refractivity contribution >= 4 is 17.5 Å². The van der Waals surface area contributed by atoms with Gasteiger partial charge >= 0.3 is 0 Å². The smallest absolute Gasteiger partial charge is 0.258 e. The minimum absolute atomic E-state index is 0.0552. The van der Waals surface area contributed by atoms with Crippen molar-refractivity contribution in [3.63, 3.8) is 0 Å². The van der Waals surface area contributed by atoms with E-state index in [-0.39, 0.29) is 18.6 Å². The lowest BCUT2D eigenvalue weighted by atomic mass is 10.1. The number of rotatable bonds is 5. The molecule has 4 heteroatoms. The third-order valence-corrected chi connectivity index (χ3v) is 3.43. The Balaban J connectivity index is 1.89. The van der Waals surface area contributed by atoms with E-state index >= 15 is 0 Å². The fraction of sp³-hybridized carbons (Fsp3) is 0.235. The maximum Gasteiger partial charge on any atom is 0.258 e. The molecule has 0 aliphatic carbocycles. The second kappa shape index (κ2) is 7.14. The van der Waals surface area contributed by atoms with Crippen LogP contribution in [0.25, 0.3) is 0 Å². The molecule has 0 aliphatic heterocycles. The summed E-state index contributed by atoms with van der Waals surface area (Å²) < 4.78 is 5.47. The molecule has 0 aliphatic rings. The summed E-state index contributed by atoms with van der Waals surface area (Å²) in [7, 11) is 0. The topological polar surface area (TPSA) is 38.3 Å². The van der Waals surface area contributed by atoms with E-state index in [2.05, 4.69) is 5.32 Å². The number of carbonyl (C=O) groups is 1. The van der Waals surface area contributed by atoms with Crippen LogP contribution < -0.4 is 10.1 Å². The van der Waals surface area contributed by atoms with E-state index in [4.69, 9.17) is 16.3 Å². The molecule has 2 aromatic rings. The molecule has 21 heavy (non-hydrogen) atoms. The lowest BCUT2D eigenvalue weighted by Gasteiger charge is -2.15. The zero-order valence-corrected chi connectivity index (χ0v) is 12.9. The average Bonchev–Trinajstić information content (AvgIpc) is 2.49. The Labute approximate surface area is 129 Å². The SMILES string of the molecule is Cc1ccc(Cl)c(OCC(=O)N[C@@H](C)c2ccccc2)c1. The van der Waals surface area contributed by atoms with E-state index in [1.165, 1.54) is 0 Å². The van der Waals surface area contributed by atoms with E-state index < -0.39 is 0 Å². The van der Waals surface area contributed by atoms with Gasteiger partial charge in [-0.2, -0.15) is 0 Å². The van der Waals surface area contributed by atoms with Crippen molar-refractivity contribution in [2.24, 2.45) is 0 Å². The van der Waals surface area contributed by atoms with Gasteiger partial charge in [-0.05, 0) is 37.1 Å². The molecule has 0 radical (unpaired) electrons. The third-order valence-electron chi connectivity index (χ3n) is 3.12. The van der Waals surface area contributed by atoms with Crippen molar-refractivity contribution in [2.75, 3.05) is 6.61 Å². The highest BCUT2D eigenvalue weighted by atomic mass is 35.5. The minimum Gasteiger partial charge on any atom is -0.482 e. The molecule has 2 aromatic carbocycles. The molecule has 0 heterocycles. The molecule has 1 N–H and O–H groups in total. The molecule has 0 unspecified atom stereocenters. The molecule has 0 bridgehead atoms. The van der Waals surface area contributed by atoms with Gasteiger partial charge in [0.1, 0.15) is 5.75 Å². The molecule has 1 amide bonds. The van der Waals surface area contributed by atoms with Crippen molar-refractivity contribution in [1.29, 1.82) is 0 Å². The van der Waals surface area contributed by atoms with Crippen LogP contribution in [0, 0.1) is 6.92 Å². The van der Waals surface area contributed by atoms with Gasteiger partial charge in [-0.25, -0.2) is 0 Å². The Hall–Kier alpha value is -2.00. The van der Waals surface area contributed by atoms with Gasteiger partial charge in [-0.3, -0.25) is 4.79 Å². The predicted octanol–water partition coefficient (Wildman–Crippen LogP) is 3.90. The maximum atomic E-state index is 11.9. The molecule has 0 saturated carbocycles. The molecule has 3 nitrogen and oxygen atoms in total. The molecule has 1 atom stereocenters. The van der Waals surface area contributed by atoms with E-state index in [0.717, 1.165) is 11.1 Å². The second-order valence-electron chi connectivity index (χ2n) is 4.92. The van der Waals surface area contributed by atoms with Crippen LogP contribution >= 0.6 is 11.6 Å². The van der Waals surface area contributed by atoms with Crippen LogP contribution in [0.5, 0.6) is 5.75 Å². The number of aryl methyl sites for hydroxylation is 1. The van der Waals surface area contributed by atoms with Gasteiger partial charge in [0.15, 0.2) is 6.61 Å². The Kier molecular flexibility index (Phi) is 5.23. The summed E-state index contributed by atoms with van der Waals surface area (Å²) in [6.07, 6.45) is 0. The second-order valence-corrected chi connectivity index (χ2v) is 5.33. The summed E-state index contributed by atoms with van der Waals surface area (Å²) in [5.41, 5.74) is 2.09. The van der Waals surface area contributed by atoms with Crippen LogP contribution in [0.1, 0.15) is 24.1 Å². The van der Waals surface area contributed by atoms with Crippen LogP contribution in [0.15, 0.2) is 48.5 Å². The number of halogens is 1. The van der Waals surface area contributed by atoms with Crippen LogP contribution in [0.2, 0.25) is 5.02 Å². The Morgan fingerprint density at radius 2 is 1.95 bits per heavy atom. The largest absolute Gasteiger partial charge is 0.482 e. The van der Waals surface area contributed by atoms with Crippen molar-refractivity contribution in [3.05, 3.63) is 64.7 Å². The highest BCUT2D eigenvalue weighted by Gasteiger charge is 2.10.